The molecule has 0 saturated carbocycles. The third-order valence-corrected chi connectivity index (χ3v) is 4.94. The van der Waals surface area contributed by atoms with Crippen LogP contribution >= 0.6 is 0 Å². The van der Waals surface area contributed by atoms with E-state index in [1.54, 1.807) is 61.6 Å². The number of aromatic nitrogens is 1. The number of nitrogens with zero attached hydrogens (tertiary/aromatic N) is 3. The number of carbonyl (C=O) groups is 2. The molecule has 9 heteroatoms. The Hall–Kier alpha value is -4.27. The van der Waals surface area contributed by atoms with Crippen LogP contribution in [0, 0.1) is 5.82 Å². The van der Waals surface area contributed by atoms with Crippen LogP contribution in [0.2, 0.25) is 0 Å². The number of para-hydroxylation sites is 1. The molecule has 0 bridgehead atoms. The van der Waals surface area contributed by atoms with E-state index in [2.05, 4.69) is 20.6 Å². The Kier molecular flexibility index (Phi) is 5.80. The number of benzene rings is 2. The van der Waals surface area contributed by atoms with Gasteiger partial charge in [0.25, 0.3) is 5.91 Å². The number of ether oxygens (including phenoxy) is 1. The summed E-state index contributed by atoms with van der Waals surface area (Å²) in [6.45, 7) is 0. The fraction of sp³-hybridized carbons (Fsp3) is 0.130. The second-order valence-electron chi connectivity index (χ2n) is 6.96. The molecular weight excluding hydrogens is 413 g/mol. The number of benzodiazepines with no additional fused rings is 1. The molecule has 0 saturated heterocycles. The predicted molar refractivity (Wildman–Crippen MR) is 119 cm³/mol. The number of nitrogens with one attached hydrogen (secondary N) is 2. The van der Waals surface area contributed by atoms with Gasteiger partial charge in [-0.1, -0.05) is 30.3 Å². The van der Waals surface area contributed by atoms with Gasteiger partial charge in [-0.3, -0.25) is 4.79 Å². The van der Waals surface area contributed by atoms with Crippen LogP contribution in [-0.2, 0) is 4.79 Å². The van der Waals surface area contributed by atoms with Crippen molar-refractivity contribution in [3.63, 3.8) is 0 Å². The van der Waals surface area contributed by atoms with Crippen molar-refractivity contribution in [1.82, 2.24) is 10.3 Å². The average molecular weight is 433 g/mol. The van der Waals surface area contributed by atoms with Gasteiger partial charge in [0.05, 0.1) is 30.4 Å². The fourth-order valence-corrected chi connectivity index (χ4v) is 3.35. The highest BCUT2D eigenvalue weighted by Crippen LogP contribution is 2.28. The maximum atomic E-state index is 14.6. The second-order valence-corrected chi connectivity index (χ2v) is 6.96. The summed E-state index contributed by atoms with van der Waals surface area (Å²) in [5.74, 6) is -0.550. The zero-order valence-electron chi connectivity index (χ0n) is 17.4. The van der Waals surface area contributed by atoms with Crippen molar-refractivity contribution in [2.75, 3.05) is 24.4 Å². The van der Waals surface area contributed by atoms with Gasteiger partial charge >= 0.3 is 6.03 Å². The monoisotopic (exact) mass is 433 g/mol. The summed E-state index contributed by atoms with van der Waals surface area (Å²) in [7, 11) is 3.07. The number of urea groups is 1. The smallest absolute Gasteiger partial charge is 0.321 e. The first kappa shape index (κ1) is 21.0. The molecule has 3 aromatic rings. The van der Waals surface area contributed by atoms with Gasteiger partial charge in [0, 0.05) is 24.2 Å². The highest BCUT2D eigenvalue weighted by molar-refractivity contribution is 6.20. The molecule has 1 aliphatic rings. The Bertz CT molecular complexity index is 1200. The number of hydrogen-bond donors (Lipinski definition) is 2. The molecule has 1 unspecified atom stereocenters. The first-order valence-electron chi connectivity index (χ1n) is 9.75. The number of rotatable bonds is 4. The van der Waals surface area contributed by atoms with Crippen molar-refractivity contribution >= 4 is 29.0 Å². The summed E-state index contributed by atoms with van der Waals surface area (Å²) in [4.78, 5) is 35.6. The second kappa shape index (κ2) is 8.84. The molecule has 0 fully saturated rings. The van der Waals surface area contributed by atoms with E-state index in [0.717, 1.165) is 0 Å². The summed E-state index contributed by atoms with van der Waals surface area (Å²) in [5, 5.41) is 5.16. The van der Waals surface area contributed by atoms with Crippen LogP contribution < -0.4 is 20.3 Å². The van der Waals surface area contributed by atoms with Gasteiger partial charge in [0.15, 0.2) is 0 Å². The molecule has 8 nitrogen and oxygen atoms in total. The third kappa shape index (κ3) is 4.13. The molecule has 3 amide bonds. The van der Waals surface area contributed by atoms with Gasteiger partial charge in [-0.25, -0.2) is 19.2 Å². The molecule has 0 spiro atoms. The standard InChI is InChI=1S/C23H20FN5O3/c1-29-18-10-6-4-8-16(18)20(15-7-3-5-9-17(15)24)27-21(22(29)30)28-23(31)26-14-11-12-19(32-2)25-13-14/h3-13,21H,1-2H3,(H2,26,28,31). The van der Waals surface area contributed by atoms with Crippen molar-refractivity contribution in [3.8, 4) is 5.88 Å². The minimum atomic E-state index is -1.27. The van der Waals surface area contributed by atoms with Crippen molar-refractivity contribution in [3.05, 3.63) is 83.8 Å². The highest BCUT2D eigenvalue weighted by Gasteiger charge is 2.31. The SMILES string of the molecule is COc1ccc(NC(=O)NC2N=C(c3ccccc3F)c3ccccc3N(C)C2=O)cn1. The molecule has 1 aromatic heterocycles. The largest absolute Gasteiger partial charge is 0.481 e. The Morgan fingerprint density at radius 3 is 2.47 bits per heavy atom. The van der Waals surface area contributed by atoms with Gasteiger partial charge in [-0.15, -0.1) is 0 Å². The van der Waals surface area contributed by atoms with E-state index in [9.17, 15) is 14.0 Å². The van der Waals surface area contributed by atoms with Crippen LogP contribution in [0.4, 0.5) is 20.6 Å². The van der Waals surface area contributed by atoms with Gasteiger partial charge < -0.3 is 20.3 Å². The number of anilines is 2. The van der Waals surface area contributed by atoms with Crippen LogP contribution in [0.15, 0.2) is 71.9 Å². The summed E-state index contributed by atoms with van der Waals surface area (Å²) in [5.41, 5.74) is 2.04. The third-order valence-electron chi connectivity index (χ3n) is 4.94. The summed E-state index contributed by atoms with van der Waals surface area (Å²) in [6.07, 6.45) is 0.150. The Morgan fingerprint density at radius 2 is 1.78 bits per heavy atom. The minimum absolute atomic E-state index is 0.231. The summed E-state index contributed by atoms with van der Waals surface area (Å²) >= 11 is 0. The molecule has 2 heterocycles. The van der Waals surface area contributed by atoms with Gasteiger partial charge in [0.2, 0.25) is 12.0 Å². The molecule has 32 heavy (non-hydrogen) atoms. The number of pyridine rings is 1. The van der Waals surface area contributed by atoms with Crippen LogP contribution in [0.5, 0.6) is 5.88 Å². The molecular formula is C23H20FN5O3. The Morgan fingerprint density at radius 1 is 1.06 bits per heavy atom. The maximum Gasteiger partial charge on any atom is 0.321 e. The molecule has 0 aliphatic carbocycles. The molecule has 0 radical (unpaired) electrons. The number of halogens is 1. The lowest BCUT2D eigenvalue weighted by atomic mass is 10.00. The van der Waals surface area contributed by atoms with Crippen LogP contribution in [0.1, 0.15) is 11.1 Å². The van der Waals surface area contributed by atoms with Crippen LogP contribution in [0.3, 0.4) is 0 Å². The quantitative estimate of drug-likeness (QED) is 0.661. The van der Waals surface area contributed by atoms with E-state index in [-0.39, 0.29) is 11.3 Å². The number of hydrogen-bond acceptors (Lipinski definition) is 5. The van der Waals surface area contributed by atoms with Crippen molar-refractivity contribution in [2.45, 2.75) is 6.17 Å². The number of amides is 3. The molecule has 4 rings (SSSR count). The Balaban J connectivity index is 1.68. The first-order chi connectivity index (χ1) is 15.5. The number of likely N-dealkylation sites (N-methyl/N-ethyl adjacent to an activating group) is 1. The van der Waals surface area contributed by atoms with Crippen LogP contribution in [0.25, 0.3) is 0 Å². The molecule has 2 aromatic carbocycles. The summed E-state index contributed by atoms with van der Waals surface area (Å²) in [6, 6.07) is 15.8. The van der Waals surface area contributed by atoms with E-state index >= 15 is 0 Å². The number of carbonyl (C=O) groups excluding carboxylic acids is 2. The van der Waals surface area contributed by atoms with Gasteiger partial charge in [-0.2, -0.15) is 0 Å². The minimum Gasteiger partial charge on any atom is -0.481 e. The van der Waals surface area contributed by atoms with E-state index in [1.165, 1.54) is 24.3 Å². The zero-order chi connectivity index (χ0) is 22.7. The van der Waals surface area contributed by atoms with Crippen LogP contribution in [-0.4, -0.2) is 43.0 Å². The molecule has 1 atom stereocenters. The molecule has 1 aliphatic heterocycles. The number of aliphatic imine (C=N–C) groups is 1. The van der Waals surface area contributed by atoms with Gasteiger partial charge in [-0.05, 0) is 24.3 Å². The van der Waals surface area contributed by atoms with E-state index < -0.39 is 23.9 Å². The summed E-state index contributed by atoms with van der Waals surface area (Å²) < 4.78 is 19.6. The average Bonchev–Trinajstić information content (AvgIpc) is 2.91. The molecule has 2 N–H and O–H groups in total. The molecule has 162 valence electrons. The van der Waals surface area contributed by atoms with Crippen molar-refractivity contribution in [2.24, 2.45) is 4.99 Å². The number of fused-ring (bicyclic) bond motifs is 1. The number of methoxy groups -OCH3 is 1. The lowest BCUT2D eigenvalue weighted by molar-refractivity contribution is -0.119. The van der Waals surface area contributed by atoms with Crippen molar-refractivity contribution in [1.29, 1.82) is 0 Å². The van der Waals surface area contributed by atoms with E-state index in [4.69, 9.17) is 4.74 Å². The zero-order valence-corrected chi connectivity index (χ0v) is 17.4. The van der Waals surface area contributed by atoms with Gasteiger partial charge in [0.1, 0.15) is 5.82 Å². The lowest BCUT2D eigenvalue weighted by Crippen LogP contribution is -2.47. The lowest BCUT2D eigenvalue weighted by Gasteiger charge is -2.21. The first-order valence-corrected chi connectivity index (χ1v) is 9.75. The topological polar surface area (TPSA) is 95.9 Å². The predicted octanol–water partition coefficient (Wildman–Crippen LogP) is 3.19. The van der Waals surface area contributed by atoms with E-state index in [1.807, 2.05) is 0 Å². The fourth-order valence-electron chi connectivity index (χ4n) is 3.35. The maximum absolute atomic E-state index is 14.6. The Labute approximate surface area is 183 Å². The van der Waals surface area contributed by atoms with Crippen molar-refractivity contribution < 1.29 is 18.7 Å². The highest BCUT2D eigenvalue weighted by atomic mass is 19.1. The normalized spacial score (nSPS) is 15.3. The van der Waals surface area contributed by atoms with E-state index in [0.29, 0.717) is 22.8 Å².